The quantitative estimate of drug-likeness (QED) is 0.237. The molecule has 2 aliphatic heterocycles. The van der Waals surface area contributed by atoms with Gasteiger partial charge in [-0.1, -0.05) is 0 Å². The number of likely N-dealkylation sites (tertiary alicyclic amines) is 1. The van der Waals surface area contributed by atoms with Gasteiger partial charge in [0.15, 0.2) is 5.43 Å². The second-order valence-corrected chi connectivity index (χ2v) is 12.6. The SMILES string of the molecule is Cc1cc(C(=O)Nc2nc3ccc(N4CCC5(CCN(C)CC5)CC4)cc3n2CCCCCO)cc(-c2c[nH]ccc2=O)n1. The molecule has 1 spiro atoms. The molecule has 1 aromatic carbocycles. The van der Waals surface area contributed by atoms with Crippen molar-refractivity contribution in [2.75, 3.05) is 50.1 Å². The Hall–Kier alpha value is -4.02. The van der Waals surface area contributed by atoms with Gasteiger partial charge in [0.2, 0.25) is 5.95 Å². The van der Waals surface area contributed by atoms with E-state index in [9.17, 15) is 14.7 Å². The third-order valence-electron chi connectivity index (χ3n) is 9.55. The molecule has 5 heterocycles. The fourth-order valence-corrected chi connectivity index (χ4v) is 6.75. The molecule has 0 unspecified atom stereocenters. The molecule has 0 aliphatic carbocycles. The molecule has 2 aliphatic rings. The third kappa shape index (κ3) is 6.42. The monoisotopic (exact) mass is 597 g/mol. The van der Waals surface area contributed by atoms with Crippen LogP contribution in [-0.2, 0) is 6.54 Å². The number of H-pyrrole nitrogens is 1. The third-order valence-corrected chi connectivity index (χ3v) is 9.55. The number of nitrogens with one attached hydrogen (secondary N) is 2. The Morgan fingerprint density at radius 1 is 1.00 bits per heavy atom. The van der Waals surface area contributed by atoms with E-state index in [0.717, 1.165) is 43.4 Å². The first kappa shape index (κ1) is 30.0. The Kier molecular flexibility index (Phi) is 8.81. The highest BCUT2D eigenvalue weighted by Crippen LogP contribution is 2.42. The molecule has 0 atom stereocenters. The highest BCUT2D eigenvalue weighted by molar-refractivity contribution is 6.04. The van der Waals surface area contributed by atoms with Crippen molar-refractivity contribution in [1.82, 2.24) is 24.4 Å². The number of aromatic nitrogens is 4. The number of imidazole rings is 1. The van der Waals surface area contributed by atoms with Crippen molar-refractivity contribution in [3.8, 4) is 11.3 Å². The molecule has 3 N–H and O–H groups in total. The van der Waals surface area contributed by atoms with Crippen molar-refractivity contribution in [3.05, 3.63) is 70.3 Å². The Morgan fingerprint density at radius 2 is 1.77 bits per heavy atom. The van der Waals surface area contributed by atoms with Gasteiger partial charge in [-0.2, -0.15) is 0 Å². The van der Waals surface area contributed by atoms with E-state index >= 15 is 0 Å². The number of amides is 1. The number of aryl methyl sites for hydroxylation is 2. The van der Waals surface area contributed by atoms with Crippen molar-refractivity contribution in [1.29, 1.82) is 0 Å². The number of carbonyl (C=O) groups is 1. The van der Waals surface area contributed by atoms with Crippen LogP contribution >= 0.6 is 0 Å². The highest BCUT2D eigenvalue weighted by atomic mass is 16.3. The van der Waals surface area contributed by atoms with E-state index in [0.29, 0.717) is 40.4 Å². The number of piperidine rings is 2. The molecular formula is C34H43N7O3. The lowest BCUT2D eigenvalue weighted by molar-refractivity contribution is 0.0945. The predicted octanol–water partition coefficient (Wildman–Crippen LogP) is 4.82. The lowest BCUT2D eigenvalue weighted by atomic mass is 9.71. The minimum atomic E-state index is -0.310. The molecule has 0 radical (unpaired) electrons. The normalized spacial score (nSPS) is 16.9. The molecule has 0 saturated carbocycles. The first-order valence-corrected chi connectivity index (χ1v) is 15.9. The largest absolute Gasteiger partial charge is 0.396 e. The van der Waals surface area contributed by atoms with Gasteiger partial charge in [-0.15, -0.1) is 0 Å². The number of benzene rings is 1. The van der Waals surface area contributed by atoms with Crippen molar-refractivity contribution < 1.29 is 9.90 Å². The summed E-state index contributed by atoms with van der Waals surface area (Å²) in [5.41, 5.74) is 5.24. The summed E-state index contributed by atoms with van der Waals surface area (Å²) < 4.78 is 2.09. The van der Waals surface area contributed by atoms with Gasteiger partial charge in [0.1, 0.15) is 0 Å². The molecule has 4 aromatic rings. The summed E-state index contributed by atoms with van der Waals surface area (Å²) in [5.74, 6) is 0.180. The number of nitrogens with zero attached hydrogens (tertiary/aromatic N) is 5. The average molecular weight is 598 g/mol. The molecule has 2 saturated heterocycles. The lowest BCUT2D eigenvalue weighted by Crippen LogP contribution is -2.46. The molecule has 10 heteroatoms. The van der Waals surface area contributed by atoms with Crippen molar-refractivity contribution in [3.63, 3.8) is 0 Å². The summed E-state index contributed by atoms with van der Waals surface area (Å²) in [4.78, 5) is 43.3. The lowest BCUT2D eigenvalue weighted by Gasteiger charge is -2.46. The molecule has 10 nitrogen and oxygen atoms in total. The number of rotatable bonds is 9. The zero-order valence-corrected chi connectivity index (χ0v) is 25.8. The van der Waals surface area contributed by atoms with E-state index in [1.54, 1.807) is 24.5 Å². The van der Waals surface area contributed by atoms with E-state index in [1.807, 2.05) is 6.92 Å². The van der Waals surface area contributed by atoms with E-state index in [2.05, 4.69) is 54.9 Å². The van der Waals surface area contributed by atoms with Gasteiger partial charge in [0.25, 0.3) is 5.91 Å². The molecule has 1 amide bonds. The second-order valence-electron chi connectivity index (χ2n) is 12.6. The van der Waals surface area contributed by atoms with Crippen LogP contribution in [0.15, 0.2) is 53.6 Å². The van der Waals surface area contributed by atoms with Gasteiger partial charge >= 0.3 is 0 Å². The van der Waals surface area contributed by atoms with E-state index < -0.39 is 0 Å². The van der Waals surface area contributed by atoms with Crippen molar-refractivity contribution in [2.45, 2.75) is 58.4 Å². The zero-order chi connectivity index (χ0) is 30.7. The van der Waals surface area contributed by atoms with Crippen molar-refractivity contribution in [2.24, 2.45) is 5.41 Å². The number of anilines is 2. The van der Waals surface area contributed by atoms with Gasteiger partial charge in [-0.25, -0.2) is 4.98 Å². The molecule has 2 fully saturated rings. The molecule has 232 valence electrons. The van der Waals surface area contributed by atoms with Crippen LogP contribution in [0.3, 0.4) is 0 Å². The number of pyridine rings is 2. The van der Waals surface area contributed by atoms with Crippen LogP contribution in [0.25, 0.3) is 22.3 Å². The molecule has 44 heavy (non-hydrogen) atoms. The first-order valence-electron chi connectivity index (χ1n) is 15.9. The summed E-state index contributed by atoms with van der Waals surface area (Å²) in [6.45, 7) is 7.15. The number of hydrogen-bond acceptors (Lipinski definition) is 7. The summed E-state index contributed by atoms with van der Waals surface area (Å²) in [7, 11) is 2.23. The predicted molar refractivity (Wildman–Crippen MR) is 174 cm³/mol. The van der Waals surface area contributed by atoms with Crippen LogP contribution in [0.5, 0.6) is 0 Å². The van der Waals surface area contributed by atoms with Crippen LogP contribution < -0.4 is 15.6 Å². The van der Waals surface area contributed by atoms with Crippen LogP contribution in [-0.4, -0.2) is 75.3 Å². The van der Waals surface area contributed by atoms with Gasteiger partial charge in [0, 0.05) is 61.6 Å². The summed E-state index contributed by atoms with van der Waals surface area (Å²) >= 11 is 0. The Balaban J connectivity index is 1.26. The van der Waals surface area contributed by atoms with E-state index in [1.165, 1.54) is 50.5 Å². The topological polar surface area (TPSA) is 119 Å². The first-order chi connectivity index (χ1) is 21.3. The average Bonchev–Trinajstić information content (AvgIpc) is 3.37. The number of aliphatic hydroxyl groups excluding tert-OH is 1. The van der Waals surface area contributed by atoms with E-state index in [4.69, 9.17) is 4.98 Å². The number of aromatic amines is 1. The smallest absolute Gasteiger partial charge is 0.258 e. The molecule has 6 rings (SSSR count). The Bertz CT molecular complexity index is 1680. The summed E-state index contributed by atoms with van der Waals surface area (Å²) in [6.07, 6.45) is 10.7. The maximum absolute atomic E-state index is 13.6. The summed E-state index contributed by atoms with van der Waals surface area (Å²) in [5, 5.41) is 12.4. The Morgan fingerprint density at radius 3 is 2.52 bits per heavy atom. The number of aliphatic hydroxyl groups is 1. The fraction of sp³-hybridized carbons (Fsp3) is 0.471. The van der Waals surface area contributed by atoms with Gasteiger partial charge in [-0.3, -0.25) is 19.9 Å². The summed E-state index contributed by atoms with van der Waals surface area (Å²) in [6, 6.07) is 11.2. The van der Waals surface area contributed by atoms with Gasteiger partial charge in [0.05, 0.1) is 22.3 Å². The van der Waals surface area contributed by atoms with Gasteiger partial charge in [-0.05, 0) is 108 Å². The van der Waals surface area contributed by atoms with Crippen LogP contribution in [0.2, 0.25) is 0 Å². The number of carbonyl (C=O) groups excluding carboxylic acids is 1. The highest BCUT2D eigenvalue weighted by Gasteiger charge is 2.37. The van der Waals surface area contributed by atoms with Crippen LogP contribution in [0.4, 0.5) is 11.6 Å². The fourth-order valence-electron chi connectivity index (χ4n) is 6.75. The van der Waals surface area contributed by atoms with Gasteiger partial charge < -0.3 is 24.5 Å². The van der Waals surface area contributed by atoms with Crippen LogP contribution in [0.1, 0.15) is 61.0 Å². The maximum Gasteiger partial charge on any atom is 0.258 e. The maximum atomic E-state index is 13.6. The number of fused-ring (bicyclic) bond motifs is 1. The Labute approximate surface area is 258 Å². The van der Waals surface area contributed by atoms with E-state index in [-0.39, 0.29) is 17.9 Å². The zero-order valence-electron chi connectivity index (χ0n) is 25.8. The molecule has 0 bridgehead atoms. The second kappa shape index (κ2) is 12.9. The number of unbranched alkanes of at least 4 members (excludes halogenated alkanes) is 2. The minimum Gasteiger partial charge on any atom is -0.396 e. The molecular weight excluding hydrogens is 554 g/mol. The van der Waals surface area contributed by atoms with Crippen molar-refractivity contribution >= 4 is 28.6 Å². The molecule has 3 aromatic heterocycles. The standard InChI is InChI=1S/C34H43N7O3/c1-24-20-25(21-29(36-24)27-23-35-13-8-31(27)43)32(44)38-33-37-28-7-6-26(22-30(28)41(33)14-4-3-5-19-42)40-17-11-34(12-18-40)9-15-39(2)16-10-34/h6-8,13,20-23,42H,3-5,9-12,14-19H2,1-2H3,(H,35,43)(H,37,38,44). The minimum absolute atomic E-state index is 0.163. The van der Waals surface area contributed by atoms with Crippen LogP contribution in [0, 0.1) is 12.3 Å². The number of hydrogen-bond donors (Lipinski definition) is 3.